The highest BCUT2D eigenvalue weighted by atomic mass is 32.1. The zero-order valence-corrected chi connectivity index (χ0v) is 19.1. The minimum Gasteiger partial charge on any atom is -0.464 e. The van der Waals surface area contributed by atoms with Crippen molar-refractivity contribution in [3.63, 3.8) is 0 Å². The van der Waals surface area contributed by atoms with Gasteiger partial charge in [-0.05, 0) is 61.3 Å². The predicted octanol–water partition coefficient (Wildman–Crippen LogP) is 9.06. The molecule has 0 aliphatic carbocycles. The third kappa shape index (κ3) is 2.23. The van der Waals surface area contributed by atoms with E-state index in [0.29, 0.717) is 0 Å². The molecule has 2 heterocycles. The molecule has 8 rings (SSSR count). The van der Waals surface area contributed by atoms with Gasteiger partial charge in [0, 0.05) is 31.1 Å². The van der Waals surface area contributed by atoms with E-state index in [-0.39, 0.29) is 0 Å². The molecule has 0 atom stereocenters. The van der Waals surface area contributed by atoms with Crippen molar-refractivity contribution in [2.75, 3.05) is 0 Å². The van der Waals surface area contributed by atoms with Crippen LogP contribution in [-0.4, -0.2) is 0 Å². The van der Waals surface area contributed by atoms with E-state index in [9.17, 15) is 0 Å². The second kappa shape index (κ2) is 6.47. The lowest BCUT2D eigenvalue weighted by Crippen LogP contribution is -2.04. The summed E-state index contributed by atoms with van der Waals surface area (Å²) in [6, 6.07) is 32.7. The van der Waals surface area contributed by atoms with Crippen LogP contribution in [0.15, 0.2) is 102 Å². The first-order valence-corrected chi connectivity index (χ1v) is 12.3. The lowest BCUT2D eigenvalue weighted by Gasteiger charge is -2.14. The molecule has 0 spiro atoms. The van der Waals surface area contributed by atoms with E-state index in [2.05, 4.69) is 85.4 Å². The van der Waals surface area contributed by atoms with Crippen LogP contribution in [0.25, 0.3) is 81.2 Å². The third-order valence-corrected chi connectivity index (χ3v) is 8.37. The van der Waals surface area contributed by atoms with E-state index in [0.717, 1.165) is 21.8 Å². The quantitative estimate of drug-likeness (QED) is 0.180. The van der Waals surface area contributed by atoms with Gasteiger partial charge < -0.3 is 4.42 Å². The molecule has 0 fully saturated rings. The summed E-state index contributed by atoms with van der Waals surface area (Å²) in [5.41, 5.74) is 3.20. The summed E-state index contributed by atoms with van der Waals surface area (Å²) >= 11 is 1.87. The van der Waals surface area contributed by atoms with Crippen LogP contribution in [0.4, 0.5) is 0 Å². The Balaban J connectivity index is 1.62. The number of benzene rings is 6. The molecule has 6 aromatic carbocycles. The zero-order valence-electron chi connectivity index (χ0n) is 18.3. The summed E-state index contributed by atoms with van der Waals surface area (Å²) in [6.45, 7) is 4.66. The van der Waals surface area contributed by atoms with Gasteiger partial charge in [-0.15, -0.1) is 11.3 Å². The Bertz CT molecular complexity index is 2140. The first-order chi connectivity index (χ1) is 16.8. The molecule has 0 saturated carbocycles. The molecule has 0 unspecified atom stereocenters. The van der Waals surface area contributed by atoms with Gasteiger partial charge in [0.25, 0.3) is 0 Å². The molecule has 0 N–H and O–H groups in total. The Hall–Kier alpha value is -4.14. The Morgan fingerprint density at radius 3 is 2.15 bits per heavy atom. The maximum atomic E-state index is 5.92. The molecule has 0 aliphatic rings. The first-order valence-electron chi connectivity index (χ1n) is 11.5. The van der Waals surface area contributed by atoms with Crippen molar-refractivity contribution in [2.24, 2.45) is 0 Å². The van der Waals surface area contributed by atoms with Gasteiger partial charge in [-0.1, -0.05) is 79.4 Å². The molecule has 8 aromatic rings. The number of para-hydroxylation sites is 1. The van der Waals surface area contributed by atoms with Crippen LogP contribution in [0.2, 0.25) is 0 Å². The molecule has 0 amide bonds. The third-order valence-electron chi connectivity index (χ3n) is 7.25. The summed E-state index contributed by atoms with van der Waals surface area (Å²) < 4.78 is 8.56. The van der Waals surface area contributed by atoms with Gasteiger partial charge in [-0.2, -0.15) is 0 Å². The standard InChI is InChI=1S/C32H18OS/c1-18-25-16-29-32(23-9-3-5-15-28(23)34-29)24-13-7-11-21(31(24)25)20-10-6-12-22(30(18)20)26-17-33-27-14-4-2-8-19(26)27/h2-17H,1H2. The predicted molar refractivity (Wildman–Crippen MR) is 148 cm³/mol. The molecular formula is C32H18OS. The summed E-state index contributed by atoms with van der Waals surface area (Å²) in [5.74, 6) is 0. The fourth-order valence-electron chi connectivity index (χ4n) is 5.81. The van der Waals surface area contributed by atoms with Crippen molar-refractivity contribution in [1.29, 1.82) is 0 Å². The van der Waals surface area contributed by atoms with Gasteiger partial charge in [0.2, 0.25) is 0 Å². The van der Waals surface area contributed by atoms with E-state index in [4.69, 9.17) is 4.42 Å². The fourth-order valence-corrected chi connectivity index (χ4v) is 6.97. The molecule has 0 bridgehead atoms. The monoisotopic (exact) mass is 450 g/mol. The van der Waals surface area contributed by atoms with Gasteiger partial charge in [0.05, 0.1) is 6.26 Å². The SMILES string of the molecule is C=c1c2cc3sc4ccccc4c3c3cccc(c4cccc(-c5coc6ccccc56)c14)c23. The van der Waals surface area contributed by atoms with E-state index in [1.165, 1.54) is 58.1 Å². The first kappa shape index (κ1) is 18.3. The van der Waals surface area contributed by atoms with E-state index >= 15 is 0 Å². The molecule has 0 radical (unpaired) electrons. The highest BCUT2D eigenvalue weighted by molar-refractivity contribution is 7.26. The van der Waals surface area contributed by atoms with Gasteiger partial charge in [0.1, 0.15) is 5.58 Å². The Morgan fingerprint density at radius 2 is 1.24 bits per heavy atom. The Morgan fingerprint density at radius 1 is 0.529 bits per heavy atom. The van der Waals surface area contributed by atoms with Crippen LogP contribution in [-0.2, 0) is 0 Å². The summed E-state index contributed by atoms with van der Waals surface area (Å²) in [7, 11) is 0. The minimum atomic E-state index is 0.908. The highest BCUT2D eigenvalue weighted by Crippen LogP contribution is 2.43. The molecule has 158 valence electrons. The smallest absolute Gasteiger partial charge is 0.134 e. The molecule has 0 saturated heterocycles. The van der Waals surface area contributed by atoms with Crippen molar-refractivity contribution in [3.05, 3.63) is 102 Å². The number of rotatable bonds is 1. The molecular weight excluding hydrogens is 432 g/mol. The summed E-state index contributed by atoms with van der Waals surface area (Å²) in [4.78, 5) is 0. The van der Waals surface area contributed by atoms with Crippen LogP contribution in [0, 0.1) is 0 Å². The van der Waals surface area contributed by atoms with Crippen molar-refractivity contribution >= 4 is 81.4 Å². The van der Waals surface area contributed by atoms with Gasteiger partial charge >= 0.3 is 0 Å². The average Bonchev–Trinajstić information content (AvgIpc) is 3.48. The number of hydrogen-bond donors (Lipinski definition) is 0. The van der Waals surface area contributed by atoms with Crippen LogP contribution in [0.3, 0.4) is 0 Å². The largest absolute Gasteiger partial charge is 0.464 e. The fraction of sp³-hybridized carbons (Fsp3) is 0. The van der Waals surface area contributed by atoms with E-state index in [1.54, 1.807) is 0 Å². The molecule has 2 heteroatoms. The maximum Gasteiger partial charge on any atom is 0.134 e. The van der Waals surface area contributed by atoms with E-state index in [1.807, 2.05) is 29.7 Å². The molecule has 34 heavy (non-hydrogen) atoms. The van der Waals surface area contributed by atoms with Crippen LogP contribution >= 0.6 is 11.3 Å². The number of fused-ring (bicyclic) bond motifs is 7. The van der Waals surface area contributed by atoms with Crippen LogP contribution < -0.4 is 5.22 Å². The van der Waals surface area contributed by atoms with Crippen LogP contribution in [0.5, 0.6) is 0 Å². The van der Waals surface area contributed by atoms with Crippen molar-refractivity contribution in [3.8, 4) is 11.1 Å². The lowest BCUT2D eigenvalue weighted by molar-refractivity contribution is 0.617. The number of thiophene rings is 1. The van der Waals surface area contributed by atoms with Crippen LogP contribution in [0.1, 0.15) is 0 Å². The maximum absolute atomic E-state index is 5.92. The molecule has 2 aromatic heterocycles. The number of furan rings is 1. The number of hydrogen-bond acceptors (Lipinski definition) is 2. The van der Waals surface area contributed by atoms with E-state index < -0.39 is 0 Å². The zero-order chi connectivity index (χ0) is 22.4. The molecule has 1 nitrogen and oxygen atoms in total. The van der Waals surface area contributed by atoms with Crippen molar-refractivity contribution in [1.82, 2.24) is 0 Å². The normalized spacial score (nSPS) is 12.2. The summed E-state index contributed by atoms with van der Waals surface area (Å²) in [6.07, 6.45) is 1.89. The van der Waals surface area contributed by atoms with Crippen molar-refractivity contribution < 1.29 is 4.42 Å². The van der Waals surface area contributed by atoms with Gasteiger partial charge in [0.15, 0.2) is 0 Å². The highest BCUT2D eigenvalue weighted by Gasteiger charge is 2.18. The Kier molecular flexibility index (Phi) is 3.48. The van der Waals surface area contributed by atoms with Crippen molar-refractivity contribution in [2.45, 2.75) is 0 Å². The minimum absolute atomic E-state index is 0.908. The topological polar surface area (TPSA) is 13.1 Å². The van der Waals surface area contributed by atoms with Gasteiger partial charge in [-0.25, -0.2) is 0 Å². The summed E-state index contributed by atoms with van der Waals surface area (Å²) in [5, 5.41) is 12.5. The Labute approximate surface area is 199 Å². The lowest BCUT2D eigenvalue weighted by atomic mass is 9.88. The average molecular weight is 451 g/mol. The molecule has 0 aliphatic heterocycles. The van der Waals surface area contributed by atoms with Gasteiger partial charge in [-0.3, -0.25) is 0 Å². The second-order valence-corrected chi connectivity index (χ2v) is 10.1. The second-order valence-electron chi connectivity index (χ2n) is 8.98.